The van der Waals surface area contributed by atoms with E-state index in [-0.39, 0.29) is 0 Å². The van der Waals surface area contributed by atoms with Crippen molar-refractivity contribution >= 4 is 11.3 Å². The van der Waals surface area contributed by atoms with Crippen molar-refractivity contribution in [1.29, 1.82) is 0 Å². The van der Waals surface area contributed by atoms with Crippen molar-refractivity contribution in [3.05, 3.63) is 24.2 Å². The van der Waals surface area contributed by atoms with E-state index in [1.165, 1.54) is 0 Å². The summed E-state index contributed by atoms with van der Waals surface area (Å²) >= 11 is 0. The molecule has 2 aromatic heterocycles. The van der Waals surface area contributed by atoms with Crippen molar-refractivity contribution in [1.82, 2.24) is 14.6 Å². The number of ether oxygens (including phenoxy) is 2. The number of methoxy groups -OCH3 is 1. The molecule has 0 radical (unpaired) electrons. The zero-order chi connectivity index (χ0) is 15.1. The largest absolute Gasteiger partial charge is 0.382 e. The monoisotopic (exact) mass is 292 g/mol. The number of fused-ring (bicyclic) bond motifs is 1. The molecule has 0 aliphatic carbocycles. The Morgan fingerprint density at radius 1 is 1.29 bits per heavy atom. The topological polar surface area (TPSA) is 60.7 Å². The van der Waals surface area contributed by atoms with E-state index in [1.807, 2.05) is 10.7 Å². The summed E-state index contributed by atoms with van der Waals surface area (Å²) in [5.74, 6) is 1.28. The van der Waals surface area contributed by atoms with Crippen LogP contribution in [0.25, 0.3) is 5.52 Å². The molecule has 0 saturated heterocycles. The summed E-state index contributed by atoms with van der Waals surface area (Å²) in [6, 6.07) is 2.09. The number of hydrogen-bond acceptors (Lipinski definition) is 5. The van der Waals surface area contributed by atoms with Crippen LogP contribution in [0.1, 0.15) is 31.9 Å². The zero-order valence-corrected chi connectivity index (χ0v) is 13.0. The van der Waals surface area contributed by atoms with Crippen LogP contribution in [0.4, 0.5) is 5.82 Å². The molecule has 0 unspecified atom stereocenters. The molecule has 0 spiro atoms. The van der Waals surface area contributed by atoms with Crippen molar-refractivity contribution in [2.75, 3.05) is 38.8 Å². The summed E-state index contributed by atoms with van der Waals surface area (Å²) in [6.45, 7) is 7.10. The van der Waals surface area contributed by atoms with Crippen LogP contribution in [0.3, 0.4) is 0 Å². The van der Waals surface area contributed by atoms with Crippen LogP contribution in [-0.2, 0) is 9.47 Å². The lowest BCUT2D eigenvalue weighted by atomic mass is 10.1. The number of anilines is 1. The van der Waals surface area contributed by atoms with Gasteiger partial charge in [-0.2, -0.15) is 5.10 Å². The lowest BCUT2D eigenvalue weighted by molar-refractivity contribution is 0.0705. The summed E-state index contributed by atoms with van der Waals surface area (Å²) in [4.78, 5) is 4.39. The molecule has 0 aliphatic heterocycles. The highest BCUT2D eigenvalue weighted by atomic mass is 16.5. The van der Waals surface area contributed by atoms with E-state index in [0.717, 1.165) is 36.6 Å². The van der Waals surface area contributed by atoms with Gasteiger partial charge in [-0.1, -0.05) is 13.8 Å². The molecule has 0 aliphatic rings. The van der Waals surface area contributed by atoms with Crippen molar-refractivity contribution in [3.63, 3.8) is 0 Å². The van der Waals surface area contributed by atoms with E-state index in [9.17, 15) is 0 Å². The Labute approximate surface area is 125 Å². The Hall–Kier alpha value is -1.66. The molecule has 0 aromatic carbocycles. The SMILES string of the molecule is COCCOCCCNc1nccn2nc(C(C)C)cc12. The quantitative estimate of drug-likeness (QED) is 0.719. The number of aromatic nitrogens is 3. The summed E-state index contributed by atoms with van der Waals surface area (Å²) < 4.78 is 12.2. The Balaban J connectivity index is 1.87. The van der Waals surface area contributed by atoms with Gasteiger partial charge in [0, 0.05) is 32.7 Å². The van der Waals surface area contributed by atoms with Crippen molar-refractivity contribution in [2.45, 2.75) is 26.2 Å². The second kappa shape index (κ2) is 7.95. The Morgan fingerprint density at radius 3 is 2.90 bits per heavy atom. The van der Waals surface area contributed by atoms with Crippen LogP contribution in [0.5, 0.6) is 0 Å². The van der Waals surface area contributed by atoms with E-state index in [0.29, 0.717) is 19.1 Å². The van der Waals surface area contributed by atoms with Crippen LogP contribution >= 0.6 is 0 Å². The van der Waals surface area contributed by atoms with Gasteiger partial charge in [-0.15, -0.1) is 0 Å². The zero-order valence-electron chi connectivity index (χ0n) is 13.0. The van der Waals surface area contributed by atoms with E-state index >= 15 is 0 Å². The molecule has 2 rings (SSSR count). The number of nitrogens with one attached hydrogen (secondary N) is 1. The molecular weight excluding hydrogens is 268 g/mol. The second-order valence-electron chi connectivity index (χ2n) is 5.22. The highest BCUT2D eigenvalue weighted by Gasteiger charge is 2.09. The van der Waals surface area contributed by atoms with Gasteiger partial charge in [-0.3, -0.25) is 0 Å². The summed E-state index contributed by atoms with van der Waals surface area (Å²) in [7, 11) is 1.67. The number of hydrogen-bond donors (Lipinski definition) is 1. The fraction of sp³-hybridized carbons (Fsp3) is 0.600. The molecule has 2 heterocycles. The maximum absolute atomic E-state index is 5.43. The minimum atomic E-state index is 0.409. The first kappa shape index (κ1) is 15.7. The van der Waals surface area contributed by atoms with Crippen LogP contribution in [0.15, 0.2) is 18.5 Å². The van der Waals surface area contributed by atoms with Crippen LogP contribution in [0, 0.1) is 0 Å². The first-order valence-corrected chi connectivity index (χ1v) is 7.37. The van der Waals surface area contributed by atoms with Gasteiger partial charge in [0.05, 0.1) is 18.9 Å². The first-order valence-electron chi connectivity index (χ1n) is 7.37. The van der Waals surface area contributed by atoms with Crippen molar-refractivity contribution in [2.24, 2.45) is 0 Å². The minimum Gasteiger partial charge on any atom is -0.382 e. The molecule has 6 nitrogen and oxygen atoms in total. The molecule has 1 N–H and O–H groups in total. The van der Waals surface area contributed by atoms with Crippen LogP contribution in [0.2, 0.25) is 0 Å². The van der Waals surface area contributed by atoms with E-state index in [4.69, 9.17) is 9.47 Å². The lowest BCUT2D eigenvalue weighted by Crippen LogP contribution is -2.09. The highest BCUT2D eigenvalue weighted by molar-refractivity contribution is 5.67. The standard InChI is InChI=1S/C15H24N4O2/c1-12(2)13-11-14-15(17-6-7-19(14)18-13)16-5-4-8-21-10-9-20-3/h6-7,11-12H,4-5,8-10H2,1-3H3,(H,16,17). The molecule has 2 aromatic rings. The molecule has 6 heteroatoms. The van der Waals surface area contributed by atoms with Gasteiger partial charge in [-0.05, 0) is 18.4 Å². The van der Waals surface area contributed by atoms with E-state index in [1.54, 1.807) is 13.3 Å². The van der Waals surface area contributed by atoms with E-state index in [2.05, 4.69) is 35.3 Å². The minimum absolute atomic E-state index is 0.409. The molecule has 0 atom stereocenters. The van der Waals surface area contributed by atoms with Crippen LogP contribution < -0.4 is 5.32 Å². The highest BCUT2D eigenvalue weighted by Crippen LogP contribution is 2.19. The predicted octanol–water partition coefficient (Wildman–Crippen LogP) is 2.32. The third kappa shape index (κ3) is 4.41. The molecule has 0 bridgehead atoms. The van der Waals surface area contributed by atoms with Crippen molar-refractivity contribution in [3.8, 4) is 0 Å². The van der Waals surface area contributed by atoms with Gasteiger partial charge < -0.3 is 14.8 Å². The number of rotatable bonds is 9. The number of nitrogens with zero attached hydrogens (tertiary/aromatic N) is 3. The smallest absolute Gasteiger partial charge is 0.152 e. The fourth-order valence-corrected chi connectivity index (χ4v) is 1.98. The van der Waals surface area contributed by atoms with Gasteiger partial charge in [0.25, 0.3) is 0 Å². The summed E-state index contributed by atoms with van der Waals surface area (Å²) in [5, 5.41) is 7.90. The maximum atomic E-state index is 5.43. The molecule has 0 fully saturated rings. The molecule has 116 valence electrons. The summed E-state index contributed by atoms with van der Waals surface area (Å²) in [6.07, 6.45) is 4.57. The second-order valence-corrected chi connectivity index (χ2v) is 5.22. The summed E-state index contributed by atoms with van der Waals surface area (Å²) in [5.41, 5.74) is 2.09. The maximum Gasteiger partial charge on any atom is 0.152 e. The fourth-order valence-electron chi connectivity index (χ4n) is 1.98. The Morgan fingerprint density at radius 2 is 2.14 bits per heavy atom. The van der Waals surface area contributed by atoms with Gasteiger partial charge >= 0.3 is 0 Å². The Bertz CT molecular complexity index is 554. The van der Waals surface area contributed by atoms with Gasteiger partial charge in [0.1, 0.15) is 5.52 Å². The molecule has 0 saturated carbocycles. The Kier molecular flexibility index (Phi) is 5.95. The van der Waals surface area contributed by atoms with Gasteiger partial charge in [0.2, 0.25) is 0 Å². The van der Waals surface area contributed by atoms with Gasteiger partial charge in [-0.25, -0.2) is 9.50 Å². The van der Waals surface area contributed by atoms with Gasteiger partial charge in [0.15, 0.2) is 5.82 Å². The third-order valence-electron chi connectivity index (χ3n) is 3.19. The average molecular weight is 292 g/mol. The van der Waals surface area contributed by atoms with E-state index < -0.39 is 0 Å². The lowest BCUT2D eigenvalue weighted by Gasteiger charge is -2.07. The third-order valence-corrected chi connectivity index (χ3v) is 3.19. The first-order chi connectivity index (χ1) is 10.2. The predicted molar refractivity (Wildman–Crippen MR) is 82.9 cm³/mol. The molecule has 21 heavy (non-hydrogen) atoms. The van der Waals surface area contributed by atoms with Crippen molar-refractivity contribution < 1.29 is 9.47 Å². The molecule has 0 amide bonds. The molecular formula is C15H24N4O2. The normalized spacial score (nSPS) is 11.4. The average Bonchev–Trinajstić information content (AvgIpc) is 2.91. The van der Waals surface area contributed by atoms with Crippen LogP contribution in [-0.4, -0.2) is 48.1 Å².